The average Bonchev–Trinajstić information content (AvgIpc) is 2.08. The van der Waals surface area contributed by atoms with Crippen LogP contribution in [0, 0.1) is 0 Å². The molecule has 0 radical (unpaired) electrons. The SMILES string of the molecule is OCC1O[C@H](O)C(O)[C@@H](O)C1O. The van der Waals surface area contributed by atoms with Gasteiger partial charge in [-0.1, -0.05) is 0 Å². The van der Waals surface area contributed by atoms with E-state index in [0.717, 1.165) is 0 Å². The first kappa shape index (κ1) is 9.85. The van der Waals surface area contributed by atoms with Gasteiger partial charge in [-0.25, -0.2) is 0 Å². The normalized spacial score (nSPS) is 49.2. The van der Waals surface area contributed by atoms with Crippen molar-refractivity contribution in [1.29, 1.82) is 0 Å². The zero-order valence-corrected chi connectivity index (χ0v) is 6.24. The highest BCUT2D eigenvalue weighted by Gasteiger charge is 2.42. The van der Waals surface area contributed by atoms with Gasteiger partial charge in [0.2, 0.25) is 0 Å². The third-order valence-electron chi connectivity index (χ3n) is 1.87. The van der Waals surface area contributed by atoms with Gasteiger partial charge in [0.25, 0.3) is 0 Å². The Labute approximate surface area is 68.6 Å². The lowest BCUT2D eigenvalue weighted by Gasteiger charge is -2.37. The van der Waals surface area contributed by atoms with E-state index < -0.39 is 37.3 Å². The molecule has 5 atom stereocenters. The van der Waals surface area contributed by atoms with Crippen LogP contribution >= 0.6 is 0 Å². The highest BCUT2D eigenvalue weighted by Crippen LogP contribution is 2.18. The molecule has 0 bridgehead atoms. The molecule has 6 heteroatoms. The maximum atomic E-state index is 9.12. The van der Waals surface area contributed by atoms with Crippen molar-refractivity contribution in [3.63, 3.8) is 0 Å². The van der Waals surface area contributed by atoms with Gasteiger partial charge in [-0.2, -0.15) is 0 Å². The second-order valence-corrected chi connectivity index (χ2v) is 2.72. The van der Waals surface area contributed by atoms with Gasteiger partial charge < -0.3 is 30.3 Å². The lowest BCUT2D eigenvalue weighted by Crippen LogP contribution is -2.58. The van der Waals surface area contributed by atoms with Crippen LogP contribution in [-0.4, -0.2) is 62.8 Å². The first-order valence-electron chi connectivity index (χ1n) is 3.56. The van der Waals surface area contributed by atoms with Gasteiger partial charge >= 0.3 is 0 Å². The Bertz CT molecular complexity index is 146. The molecule has 1 rings (SSSR count). The predicted octanol–water partition coefficient (Wildman–Crippen LogP) is -3.22. The van der Waals surface area contributed by atoms with E-state index in [1.54, 1.807) is 0 Å². The van der Waals surface area contributed by atoms with E-state index in [1.807, 2.05) is 0 Å². The van der Waals surface area contributed by atoms with E-state index in [-0.39, 0.29) is 0 Å². The molecular weight excluding hydrogens is 168 g/mol. The summed E-state index contributed by atoms with van der Waals surface area (Å²) in [6, 6.07) is 0. The van der Waals surface area contributed by atoms with Crippen molar-refractivity contribution < 1.29 is 30.3 Å². The molecular formula is C6H12O6. The Balaban J connectivity index is 2.63. The standard InChI is InChI=1S/C6H12O6/c7-1-2-3(8)4(9)5(10)6(11)12-2/h2-11H,1H2/t2?,3?,4-,5?,6-/m0/s1. The van der Waals surface area contributed by atoms with Crippen LogP contribution < -0.4 is 0 Å². The summed E-state index contributed by atoms with van der Waals surface area (Å²) >= 11 is 0. The minimum absolute atomic E-state index is 0.526. The predicted molar refractivity (Wildman–Crippen MR) is 36.0 cm³/mol. The Morgan fingerprint density at radius 2 is 1.50 bits per heavy atom. The van der Waals surface area contributed by atoms with E-state index in [2.05, 4.69) is 4.74 Å². The highest BCUT2D eigenvalue weighted by molar-refractivity contribution is 4.87. The van der Waals surface area contributed by atoms with Crippen molar-refractivity contribution in [2.45, 2.75) is 30.7 Å². The van der Waals surface area contributed by atoms with Crippen molar-refractivity contribution >= 4 is 0 Å². The van der Waals surface area contributed by atoms with E-state index >= 15 is 0 Å². The van der Waals surface area contributed by atoms with Gasteiger partial charge in [0.1, 0.15) is 24.4 Å². The number of hydrogen-bond acceptors (Lipinski definition) is 6. The third-order valence-corrected chi connectivity index (χ3v) is 1.87. The maximum Gasteiger partial charge on any atom is 0.184 e. The Kier molecular flexibility index (Phi) is 2.99. The van der Waals surface area contributed by atoms with E-state index in [4.69, 9.17) is 25.5 Å². The molecule has 1 saturated heterocycles. The summed E-state index contributed by atoms with van der Waals surface area (Å²) in [4.78, 5) is 0. The van der Waals surface area contributed by atoms with Crippen molar-refractivity contribution in [3.8, 4) is 0 Å². The van der Waals surface area contributed by atoms with Crippen molar-refractivity contribution in [3.05, 3.63) is 0 Å². The molecule has 0 spiro atoms. The molecule has 0 saturated carbocycles. The summed E-state index contributed by atoms with van der Waals surface area (Å²) in [5.74, 6) is 0. The fourth-order valence-electron chi connectivity index (χ4n) is 1.08. The second kappa shape index (κ2) is 3.65. The van der Waals surface area contributed by atoms with Crippen LogP contribution in [0.3, 0.4) is 0 Å². The van der Waals surface area contributed by atoms with Gasteiger partial charge in [-0.3, -0.25) is 0 Å². The van der Waals surface area contributed by atoms with E-state index in [0.29, 0.717) is 0 Å². The number of rotatable bonds is 1. The van der Waals surface area contributed by atoms with Crippen LogP contribution in [0.15, 0.2) is 0 Å². The first-order chi connectivity index (χ1) is 5.57. The first-order valence-corrected chi connectivity index (χ1v) is 3.56. The summed E-state index contributed by atoms with van der Waals surface area (Å²) in [5, 5.41) is 44.7. The number of aliphatic hydroxyl groups excluding tert-OH is 5. The molecule has 72 valence electrons. The maximum absolute atomic E-state index is 9.12. The lowest BCUT2D eigenvalue weighted by molar-refractivity contribution is -0.286. The minimum Gasteiger partial charge on any atom is -0.394 e. The van der Waals surface area contributed by atoms with Crippen molar-refractivity contribution in [1.82, 2.24) is 0 Å². The molecule has 6 nitrogen and oxygen atoms in total. The summed E-state index contributed by atoms with van der Waals surface area (Å²) in [6.45, 7) is -0.526. The van der Waals surface area contributed by atoms with Crippen LogP contribution in [0.2, 0.25) is 0 Å². The average molecular weight is 180 g/mol. The van der Waals surface area contributed by atoms with Crippen molar-refractivity contribution in [2.75, 3.05) is 6.61 Å². The molecule has 5 N–H and O–H groups in total. The number of ether oxygens (including phenoxy) is 1. The molecule has 0 amide bonds. The van der Waals surface area contributed by atoms with Crippen LogP contribution in [0.4, 0.5) is 0 Å². The zero-order chi connectivity index (χ0) is 9.30. The smallest absolute Gasteiger partial charge is 0.184 e. The highest BCUT2D eigenvalue weighted by atomic mass is 16.6. The van der Waals surface area contributed by atoms with Gasteiger partial charge in [0.05, 0.1) is 6.61 Å². The van der Waals surface area contributed by atoms with Gasteiger partial charge in [-0.15, -0.1) is 0 Å². The van der Waals surface area contributed by atoms with Crippen LogP contribution in [0.1, 0.15) is 0 Å². The topological polar surface area (TPSA) is 110 Å². The summed E-state index contributed by atoms with van der Waals surface area (Å²) in [6.07, 6.45) is -7.04. The fraction of sp³-hybridized carbons (Fsp3) is 1.00. The van der Waals surface area contributed by atoms with Crippen LogP contribution in [-0.2, 0) is 4.74 Å². The van der Waals surface area contributed by atoms with Gasteiger partial charge in [-0.05, 0) is 0 Å². The molecule has 0 aromatic carbocycles. The number of hydrogen-bond donors (Lipinski definition) is 5. The molecule has 12 heavy (non-hydrogen) atoms. The molecule has 0 aliphatic carbocycles. The molecule has 1 aliphatic rings. The molecule has 1 aliphatic heterocycles. The van der Waals surface area contributed by atoms with Crippen molar-refractivity contribution in [2.24, 2.45) is 0 Å². The molecule has 0 aromatic rings. The largest absolute Gasteiger partial charge is 0.394 e. The molecule has 1 fully saturated rings. The second-order valence-electron chi connectivity index (χ2n) is 2.72. The van der Waals surface area contributed by atoms with E-state index in [1.165, 1.54) is 0 Å². The summed E-state index contributed by atoms with van der Waals surface area (Å²) < 4.78 is 4.58. The Hall–Kier alpha value is -0.240. The number of aliphatic hydroxyl groups is 5. The van der Waals surface area contributed by atoms with Gasteiger partial charge in [0, 0.05) is 0 Å². The van der Waals surface area contributed by atoms with E-state index in [9.17, 15) is 0 Å². The molecule has 0 aromatic heterocycles. The minimum atomic E-state index is -1.57. The van der Waals surface area contributed by atoms with Crippen LogP contribution in [0.25, 0.3) is 0 Å². The quantitative estimate of drug-likeness (QED) is 0.290. The Morgan fingerprint density at radius 1 is 0.917 bits per heavy atom. The van der Waals surface area contributed by atoms with Gasteiger partial charge in [0.15, 0.2) is 6.29 Å². The Morgan fingerprint density at radius 3 is 2.00 bits per heavy atom. The third kappa shape index (κ3) is 1.58. The monoisotopic (exact) mass is 180 g/mol. The molecule has 1 heterocycles. The zero-order valence-electron chi connectivity index (χ0n) is 6.24. The fourth-order valence-corrected chi connectivity index (χ4v) is 1.08. The summed E-state index contributed by atoms with van der Waals surface area (Å²) in [7, 11) is 0. The summed E-state index contributed by atoms with van der Waals surface area (Å²) in [5.41, 5.74) is 0. The molecule has 3 unspecified atom stereocenters. The van der Waals surface area contributed by atoms with Crippen LogP contribution in [0.5, 0.6) is 0 Å². The lowest BCUT2D eigenvalue weighted by atomic mass is 10.00.